The van der Waals surface area contributed by atoms with E-state index < -0.39 is 0 Å². The molecule has 1 aromatic heterocycles. The molecule has 2 heterocycles. The van der Waals surface area contributed by atoms with Crippen LogP contribution in [0.15, 0.2) is 41.0 Å². The van der Waals surface area contributed by atoms with E-state index in [0.717, 1.165) is 5.56 Å². The van der Waals surface area contributed by atoms with Gasteiger partial charge in [0, 0.05) is 26.2 Å². The van der Waals surface area contributed by atoms with Gasteiger partial charge in [-0.15, -0.1) is 0 Å². The zero-order valence-electron chi connectivity index (χ0n) is 13.9. The first-order valence-corrected chi connectivity index (χ1v) is 8.42. The van der Waals surface area contributed by atoms with E-state index in [9.17, 15) is 9.59 Å². The Kier molecular flexibility index (Phi) is 5.28. The van der Waals surface area contributed by atoms with E-state index in [-0.39, 0.29) is 18.4 Å². The molecule has 132 valence electrons. The van der Waals surface area contributed by atoms with Crippen molar-refractivity contribution in [2.45, 2.75) is 6.92 Å². The number of carbonyl (C=O) groups is 2. The molecule has 0 radical (unpaired) electrons. The molecule has 0 N–H and O–H groups in total. The molecular formula is C18H19ClN2O4. The van der Waals surface area contributed by atoms with E-state index in [1.165, 1.54) is 6.26 Å². The van der Waals surface area contributed by atoms with Gasteiger partial charge in [0.25, 0.3) is 11.8 Å². The monoisotopic (exact) mass is 362 g/mol. The fourth-order valence-electron chi connectivity index (χ4n) is 2.67. The minimum Gasteiger partial charge on any atom is -0.482 e. The van der Waals surface area contributed by atoms with Crippen LogP contribution < -0.4 is 4.74 Å². The van der Waals surface area contributed by atoms with Crippen LogP contribution in [0.5, 0.6) is 5.75 Å². The molecule has 0 aliphatic carbocycles. The van der Waals surface area contributed by atoms with Crippen molar-refractivity contribution in [1.82, 2.24) is 9.80 Å². The first kappa shape index (κ1) is 17.4. The minimum atomic E-state index is -0.153. The lowest BCUT2D eigenvalue weighted by atomic mass is 10.2. The number of nitrogens with zero attached hydrogens (tertiary/aromatic N) is 2. The molecule has 0 bridgehead atoms. The van der Waals surface area contributed by atoms with E-state index in [1.54, 1.807) is 34.1 Å². The summed E-state index contributed by atoms with van der Waals surface area (Å²) in [5.41, 5.74) is 1.01. The molecule has 1 fully saturated rings. The topological polar surface area (TPSA) is 63.0 Å². The summed E-state index contributed by atoms with van der Waals surface area (Å²) >= 11 is 6.07. The third-order valence-electron chi connectivity index (χ3n) is 4.09. The number of ether oxygens (including phenoxy) is 1. The van der Waals surface area contributed by atoms with Gasteiger partial charge in [0.15, 0.2) is 12.4 Å². The zero-order valence-corrected chi connectivity index (χ0v) is 14.7. The van der Waals surface area contributed by atoms with Crippen LogP contribution in [0.1, 0.15) is 16.1 Å². The molecule has 1 saturated heterocycles. The molecule has 1 aromatic carbocycles. The molecule has 7 heteroatoms. The van der Waals surface area contributed by atoms with Gasteiger partial charge in [0.2, 0.25) is 0 Å². The molecular weight excluding hydrogens is 344 g/mol. The predicted octanol–water partition coefficient (Wildman–Crippen LogP) is 2.60. The molecule has 2 aromatic rings. The van der Waals surface area contributed by atoms with Gasteiger partial charge in [-0.1, -0.05) is 17.7 Å². The average Bonchev–Trinajstić information content (AvgIpc) is 3.16. The second kappa shape index (κ2) is 7.61. The molecule has 1 aliphatic heterocycles. The van der Waals surface area contributed by atoms with Gasteiger partial charge in [-0.05, 0) is 36.8 Å². The van der Waals surface area contributed by atoms with E-state index >= 15 is 0 Å². The number of amides is 2. The van der Waals surface area contributed by atoms with Crippen molar-refractivity contribution in [3.8, 4) is 5.75 Å². The van der Waals surface area contributed by atoms with Crippen molar-refractivity contribution in [3.63, 3.8) is 0 Å². The van der Waals surface area contributed by atoms with Gasteiger partial charge in [0.1, 0.15) is 5.75 Å². The number of rotatable bonds is 4. The summed E-state index contributed by atoms with van der Waals surface area (Å²) in [4.78, 5) is 27.9. The Bertz CT molecular complexity index is 752. The smallest absolute Gasteiger partial charge is 0.289 e. The fraction of sp³-hybridized carbons (Fsp3) is 0.333. The molecule has 1 aliphatic rings. The Hall–Kier alpha value is -2.47. The highest BCUT2D eigenvalue weighted by Gasteiger charge is 2.26. The number of hydrogen-bond donors (Lipinski definition) is 0. The lowest BCUT2D eigenvalue weighted by molar-refractivity contribution is -0.134. The Balaban J connectivity index is 1.50. The molecule has 3 rings (SSSR count). The second-order valence-electron chi connectivity index (χ2n) is 5.87. The van der Waals surface area contributed by atoms with Crippen molar-refractivity contribution >= 4 is 23.4 Å². The summed E-state index contributed by atoms with van der Waals surface area (Å²) in [6.07, 6.45) is 1.47. The van der Waals surface area contributed by atoms with Crippen LogP contribution in [0.4, 0.5) is 0 Å². The summed E-state index contributed by atoms with van der Waals surface area (Å²) < 4.78 is 10.7. The molecule has 0 saturated carbocycles. The maximum absolute atomic E-state index is 12.3. The number of furan rings is 1. The zero-order chi connectivity index (χ0) is 17.8. The van der Waals surface area contributed by atoms with Gasteiger partial charge < -0.3 is 19.0 Å². The van der Waals surface area contributed by atoms with Crippen LogP contribution in [0.2, 0.25) is 5.02 Å². The Morgan fingerprint density at radius 3 is 2.56 bits per heavy atom. The molecule has 2 amide bonds. The van der Waals surface area contributed by atoms with Crippen molar-refractivity contribution in [3.05, 3.63) is 52.9 Å². The first-order valence-electron chi connectivity index (χ1n) is 8.04. The normalized spacial score (nSPS) is 14.5. The fourth-order valence-corrected chi connectivity index (χ4v) is 2.84. The minimum absolute atomic E-state index is 0.0741. The maximum atomic E-state index is 12.3. The summed E-state index contributed by atoms with van der Waals surface area (Å²) in [5.74, 6) is 0.543. The van der Waals surface area contributed by atoms with Crippen molar-refractivity contribution in [2.24, 2.45) is 0 Å². The number of benzene rings is 1. The number of halogens is 1. The maximum Gasteiger partial charge on any atom is 0.289 e. The molecule has 0 unspecified atom stereocenters. The van der Waals surface area contributed by atoms with Crippen LogP contribution in [-0.2, 0) is 4.79 Å². The summed E-state index contributed by atoms with van der Waals surface area (Å²) in [6, 6.07) is 8.75. The third kappa shape index (κ3) is 4.14. The molecule has 0 spiro atoms. The lowest BCUT2D eigenvalue weighted by Crippen LogP contribution is -2.51. The first-order chi connectivity index (χ1) is 12.0. The highest BCUT2D eigenvalue weighted by molar-refractivity contribution is 6.32. The van der Waals surface area contributed by atoms with Gasteiger partial charge in [-0.2, -0.15) is 0 Å². The van der Waals surface area contributed by atoms with Crippen LogP contribution in [0.25, 0.3) is 0 Å². The van der Waals surface area contributed by atoms with Gasteiger partial charge >= 0.3 is 0 Å². The Morgan fingerprint density at radius 2 is 1.88 bits per heavy atom. The van der Waals surface area contributed by atoms with Crippen molar-refractivity contribution in [2.75, 3.05) is 32.8 Å². The standard InChI is InChI=1S/C18H19ClN2O4/c1-13-4-5-14(19)16(11-13)25-12-17(22)20-6-8-21(9-7-20)18(23)15-3-2-10-24-15/h2-5,10-11H,6-9,12H2,1H3. The van der Waals surface area contributed by atoms with Crippen molar-refractivity contribution < 1.29 is 18.7 Å². The van der Waals surface area contributed by atoms with Crippen LogP contribution in [-0.4, -0.2) is 54.4 Å². The lowest BCUT2D eigenvalue weighted by Gasteiger charge is -2.34. The van der Waals surface area contributed by atoms with E-state index in [1.807, 2.05) is 13.0 Å². The van der Waals surface area contributed by atoms with E-state index in [4.69, 9.17) is 20.8 Å². The van der Waals surface area contributed by atoms with Crippen molar-refractivity contribution in [1.29, 1.82) is 0 Å². The summed E-state index contributed by atoms with van der Waals surface area (Å²) in [6.45, 7) is 3.73. The second-order valence-corrected chi connectivity index (χ2v) is 6.28. The average molecular weight is 363 g/mol. The Labute approximate surface area is 150 Å². The third-order valence-corrected chi connectivity index (χ3v) is 4.40. The van der Waals surface area contributed by atoms with Crippen LogP contribution in [0.3, 0.4) is 0 Å². The predicted molar refractivity (Wildman–Crippen MR) is 92.9 cm³/mol. The SMILES string of the molecule is Cc1ccc(Cl)c(OCC(=O)N2CCN(C(=O)c3ccco3)CC2)c1. The van der Waals surface area contributed by atoms with Crippen LogP contribution >= 0.6 is 11.6 Å². The van der Waals surface area contributed by atoms with Gasteiger partial charge in [-0.25, -0.2) is 0 Å². The Morgan fingerprint density at radius 1 is 1.16 bits per heavy atom. The van der Waals surface area contributed by atoms with Gasteiger partial charge in [-0.3, -0.25) is 9.59 Å². The molecule has 25 heavy (non-hydrogen) atoms. The van der Waals surface area contributed by atoms with E-state index in [0.29, 0.717) is 42.7 Å². The number of carbonyl (C=O) groups excluding carboxylic acids is 2. The highest BCUT2D eigenvalue weighted by Crippen LogP contribution is 2.25. The number of piperazine rings is 1. The summed E-state index contributed by atoms with van der Waals surface area (Å²) in [7, 11) is 0. The highest BCUT2D eigenvalue weighted by atomic mass is 35.5. The quantitative estimate of drug-likeness (QED) is 0.838. The number of aryl methyl sites for hydroxylation is 1. The van der Waals surface area contributed by atoms with Crippen LogP contribution in [0, 0.1) is 6.92 Å². The molecule has 6 nitrogen and oxygen atoms in total. The number of hydrogen-bond acceptors (Lipinski definition) is 4. The molecule has 0 atom stereocenters. The largest absolute Gasteiger partial charge is 0.482 e. The van der Waals surface area contributed by atoms with E-state index in [2.05, 4.69) is 0 Å². The summed E-state index contributed by atoms with van der Waals surface area (Å²) in [5, 5.41) is 0.479. The van der Waals surface area contributed by atoms with Gasteiger partial charge in [0.05, 0.1) is 11.3 Å².